The lowest BCUT2D eigenvalue weighted by atomic mass is 10.1. The number of carbonyl (C=O) groups excluding carboxylic acids is 1. The van der Waals surface area contributed by atoms with Gasteiger partial charge in [-0.2, -0.15) is 0 Å². The van der Waals surface area contributed by atoms with Crippen molar-refractivity contribution in [2.24, 2.45) is 7.05 Å². The Labute approximate surface area is 170 Å². The summed E-state index contributed by atoms with van der Waals surface area (Å²) in [5.74, 6) is -0.276. The second-order valence-electron chi connectivity index (χ2n) is 6.53. The fourth-order valence-corrected chi connectivity index (χ4v) is 3.95. The summed E-state index contributed by atoms with van der Waals surface area (Å²) >= 11 is 1.32. The molecule has 0 aliphatic rings. The maximum Gasteiger partial charge on any atom is 0.262 e. The third-order valence-corrected chi connectivity index (χ3v) is 5.69. The van der Waals surface area contributed by atoms with Crippen LogP contribution < -0.4 is 5.32 Å². The maximum atomic E-state index is 13.4. The highest BCUT2D eigenvalue weighted by molar-refractivity contribution is 7.17. The summed E-state index contributed by atoms with van der Waals surface area (Å²) in [6.07, 6.45) is 3.44. The standard InChI is InChI=1S/C22H17F2N3OS/c1-27-13-12-25-21(27)20(15-4-8-17(24)9-5-15)26-22(28)19-11-10-18(29-19)14-2-6-16(23)7-3-14/h2-13,20H,1H3,(H,26,28). The number of rotatable bonds is 5. The minimum Gasteiger partial charge on any atom is -0.337 e. The van der Waals surface area contributed by atoms with Crippen LogP contribution in [-0.4, -0.2) is 15.5 Å². The van der Waals surface area contributed by atoms with Gasteiger partial charge in [0.25, 0.3) is 5.91 Å². The lowest BCUT2D eigenvalue weighted by Crippen LogP contribution is -2.30. The summed E-state index contributed by atoms with van der Waals surface area (Å²) in [7, 11) is 1.84. The van der Waals surface area contributed by atoms with E-state index >= 15 is 0 Å². The monoisotopic (exact) mass is 409 g/mol. The summed E-state index contributed by atoms with van der Waals surface area (Å²) in [5.41, 5.74) is 1.57. The average Bonchev–Trinajstić information content (AvgIpc) is 3.37. The van der Waals surface area contributed by atoms with Crippen molar-refractivity contribution in [3.8, 4) is 10.4 Å². The molecule has 2 heterocycles. The molecule has 1 atom stereocenters. The van der Waals surface area contributed by atoms with Gasteiger partial charge in [-0.25, -0.2) is 13.8 Å². The molecular weight excluding hydrogens is 392 g/mol. The highest BCUT2D eigenvalue weighted by Crippen LogP contribution is 2.29. The smallest absolute Gasteiger partial charge is 0.262 e. The van der Waals surface area contributed by atoms with Crippen molar-refractivity contribution in [3.05, 3.63) is 101 Å². The Morgan fingerprint density at radius 1 is 1.00 bits per heavy atom. The summed E-state index contributed by atoms with van der Waals surface area (Å²) in [6.45, 7) is 0. The van der Waals surface area contributed by atoms with Crippen LogP contribution in [-0.2, 0) is 7.05 Å². The zero-order valence-corrected chi connectivity index (χ0v) is 16.3. The molecule has 2 aromatic heterocycles. The molecule has 0 bridgehead atoms. The van der Waals surface area contributed by atoms with Crippen LogP contribution in [0, 0.1) is 11.6 Å². The molecule has 0 fully saturated rings. The van der Waals surface area contributed by atoms with Gasteiger partial charge >= 0.3 is 0 Å². The normalized spacial score (nSPS) is 12.0. The lowest BCUT2D eigenvalue weighted by molar-refractivity contribution is 0.0945. The van der Waals surface area contributed by atoms with Crippen molar-refractivity contribution >= 4 is 17.2 Å². The van der Waals surface area contributed by atoms with E-state index in [0.717, 1.165) is 16.0 Å². The Hall–Kier alpha value is -3.32. The van der Waals surface area contributed by atoms with Gasteiger partial charge in [0.15, 0.2) is 0 Å². The first-order chi connectivity index (χ1) is 14.0. The largest absolute Gasteiger partial charge is 0.337 e. The number of carbonyl (C=O) groups is 1. The third-order valence-electron chi connectivity index (χ3n) is 4.55. The van der Waals surface area contributed by atoms with Crippen LogP contribution in [0.4, 0.5) is 8.78 Å². The molecule has 1 N–H and O–H groups in total. The van der Waals surface area contributed by atoms with Crippen molar-refractivity contribution < 1.29 is 13.6 Å². The maximum absolute atomic E-state index is 13.4. The van der Waals surface area contributed by atoms with Gasteiger partial charge in [0.05, 0.1) is 4.88 Å². The number of hydrogen-bond donors (Lipinski definition) is 1. The van der Waals surface area contributed by atoms with Crippen molar-refractivity contribution in [1.29, 1.82) is 0 Å². The number of halogens is 2. The fraction of sp³-hybridized carbons (Fsp3) is 0.0909. The molecule has 2 aromatic carbocycles. The molecule has 146 valence electrons. The Balaban J connectivity index is 1.61. The van der Waals surface area contributed by atoms with Crippen LogP contribution in [0.3, 0.4) is 0 Å². The number of nitrogens with zero attached hydrogens (tertiary/aromatic N) is 2. The number of imidazole rings is 1. The van der Waals surface area contributed by atoms with E-state index in [2.05, 4.69) is 10.3 Å². The topological polar surface area (TPSA) is 46.9 Å². The van der Waals surface area contributed by atoms with E-state index in [4.69, 9.17) is 0 Å². The Kier molecular flexibility index (Phi) is 5.22. The van der Waals surface area contributed by atoms with Crippen LogP contribution in [0.1, 0.15) is 27.1 Å². The van der Waals surface area contributed by atoms with Gasteiger partial charge in [-0.15, -0.1) is 11.3 Å². The lowest BCUT2D eigenvalue weighted by Gasteiger charge is -2.19. The second-order valence-corrected chi connectivity index (χ2v) is 7.61. The van der Waals surface area contributed by atoms with E-state index in [9.17, 15) is 13.6 Å². The van der Waals surface area contributed by atoms with E-state index in [1.807, 2.05) is 17.7 Å². The SMILES string of the molecule is Cn1ccnc1C(NC(=O)c1ccc(-c2ccc(F)cc2)s1)c1ccc(F)cc1. The van der Waals surface area contributed by atoms with Crippen molar-refractivity contribution in [2.45, 2.75) is 6.04 Å². The summed E-state index contributed by atoms with van der Waals surface area (Å²) in [4.78, 5) is 18.7. The number of amides is 1. The molecule has 0 saturated heterocycles. The first kappa shape index (κ1) is 19.0. The molecular formula is C22H17F2N3OS. The molecule has 0 aliphatic heterocycles. The second kappa shape index (κ2) is 7.97. The quantitative estimate of drug-likeness (QED) is 0.507. The van der Waals surface area contributed by atoms with Gasteiger partial charge in [0, 0.05) is 24.3 Å². The van der Waals surface area contributed by atoms with E-state index in [0.29, 0.717) is 10.7 Å². The van der Waals surface area contributed by atoms with Gasteiger partial charge in [0.1, 0.15) is 23.5 Å². The molecule has 1 unspecified atom stereocenters. The molecule has 0 spiro atoms. The van der Waals surface area contributed by atoms with Crippen molar-refractivity contribution in [3.63, 3.8) is 0 Å². The molecule has 1 amide bonds. The van der Waals surface area contributed by atoms with Crippen LogP contribution >= 0.6 is 11.3 Å². The number of hydrogen-bond acceptors (Lipinski definition) is 3. The average molecular weight is 409 g/mol. The van der Waals surface area contributed by atoms with Crippen LogP contribution in [0.25, 0.3) is 10.4 Å². The number of aromatic nitrogens is 2. The molecule has 0 saturated carbocycles. The van der Waals surface area contributed by atoms with Gasteiger partial charge in [-0.3, -0.25) is 4.79 Å². The van der Waals surface area contributed by atoms with Crippen LogP contribution in [0.15, 0.2) is 73.1 Å². The highest BCUT2D eigenvalue weighted by Gasteiger charge is 2.22. The summed E-state index contributed by atoms with van der Waals surface area (Å²) < 4.78 is 28.3. The van der Waals surface area contributed by atoms with Crippen LogP contribution in [0.2, 0.25) is 0 Å². The number of aryl methyl sites for hydroxylation is 1. The van der Waals surface area contributed by atoms with E-state index < -0.39 is 6.04 Å². The van der Waals surface area contributed by atoms with E-state index in [1.54, 1.807) is 42.7 Å². The third kappa shape index (κ3) is 4.09. The first-order valence-electron chi connectivity index (χ1n) is 8.90. The Morgan fingerprint density at radius 3 is 2.28 bits per heavy atom. The summed E-state index contributed by atoms with van der Waals surface area (Å²) in [5, 5.41) is 2.99. The van der Waals surface area contributed by atoms with Gasteiger partial charge in [-0.1, -0.05) is 24.3 Å². The number of benzene rings is 2. The summed E-state index contributed by atoms with van der Waals surface area (Å²) in [6, 6.07) is 15.2. The fourth-order valence-electron chi connectivity index (χ4n) is 3.04. The molecule has 0 aliphatic carbocycles. The minimum absolute atomic E-state index is 0.263. The zero-order valence-electron chi connectivity index (χ0n) is 15.5. The molecule has 29 heavy (non-hydrogen) atoms. The zero-order chi connectivity index (χ0) is 20.4. The van der Waals surface area contributed by atoms with Gasteiger partial charge in [0.2, 0.25) is 0 Å². The highest BCUT2D eigenvalue weighted by atomic mass is 32.1. The molecule has 7 heteroatoms. The van der Waals surface area contributed by atoms with Gasteiger partial charge in [-0.05, 0) is 47.5 Å². The van der Waals surface area contributed by atoms with E-state index in [-0.39, 0.29) is 17.5 Å². The predicted molar refractivity (Wildman–Crippen MR) is 109 cm³/mol. The minimum atomic E-state index is -0.528. The van der Waals surface area contributed by atoms with Gasteiger partial charge < -0.3 is 9.88 Å². The number of nitrogens with one attached hydrogen (secondary N) is 1. The first-order valence-corrected chi connectivity index (χ1v) is 9.72. The van der Waals surface area contributed by atoms with Crippen molar-refractivity contribution in [1.82, 2.24) is 14.9 Å². The molecule has 4 rings (SSSR count). The predicted octanol–water partition coefficient (Wildman–Crippen LogP) is 4.95. The molecule has 4 nitrogen and oxygen atoms in total. The Morgan fingerprint density at radius 2 is 1.66 bits per heavy atom. The van der Waals surface area contributed by atoms with E-state index in [1.165, 1.54) is 35.6 Å². The number of thiophene rings is 1. The Bertz CT molecular complexity index is 1130. The van der Waals surface area contributed by atoms with Crippen LogP contribution in [0.5, 0.6) is 0 Å². The van der Waals surface area contributed by atoms with Crippen molar-refractivity contribution in [2.75, 3.05) is 0 Å². The molecule has 4 aromatic rings. The molecule has 0 radical (unpaired) electrons.